The summed E-state index contributed by atoms with van der Waals surface area (Å²) in [5.74, 6) is -0.787. The number of rotatable bonds is 2. The number of aryl methyl sites for hydroxylation is 1. The largest absolute Gasteiger partial charge is 0.534 e. The van der Waals surface area contributed by atoms with Crippen molar-refractivity contribution in [2.24, 2.45) is 0 Å². The van der Waals surface area contributed by atoms with Gasteiger partial charge in [0, 0.05) is 0 Å². The van der Waals surface area contributed by atoms with Gasteiger partial charge in [-0.25, -0.2) is 0 Å². The van der Waals surface area contributed by atoms with E-state index < -0.39 is 27.3 Å². The van der Waals surface area contributed by atoms with E-state index in [1.54, 1.807) is 6.08 Å². The van der Waals surface area contributed by atoms with Crippen LogP contribution in [0.4, 0.5) is 13.2 Å². The molecule has 0 radical (unpaired) electrons. The predicted octanol–water partition coefficient (Wildman–Crippen LogP) is 3.88. The van der Waals surface area contributed by atoms with Crippen LogP contribution < -0.4 is 8.92 Å². The Morgan fingerprint density at radius 3 is 2.52 bits per heavy atom. The van der Waals surface area contributed by atoms with Crippen LogP contribution in [0.3, 0.4) is 0 Å². The van der Waals surface area contributed by atoms with Gasteiger partial charge in [0.1, 0.15) is 11.5 Å². The van der Waals surface area contributed by atoms with E-state index in [0.717, 1.165) is 30.5 Å². The van der Waals surface area contributed by atoms with Gasteiger partial charge >= 0.3 is 21.6 Å². The second-order valence-corrected chi connectivity index (χ2v) is 7.23. The molecular formula is C16H17F3O5S. The minimum atomic E-state index is -5.75. The first kappa shape index (κ1) is 19.3. The Morgan fingerprint density at radius 1 is 1.16 bits per heavy atom. The molecule has 138 valence electrons. The van der Waals surface area contributed by atoms with Gasteiger partial charge in [-0.1, -0.05) is 11.6 Å². The zero-order chi connectivity index (χ0) is 18.7. The first-order valence-electron chi connectivity index (χ1n) is 7.58. The maximum absolute atomic E-state index is 12.4. The number of allylic oxidation sites excluding steroid dienone is 1. The highest BCUT2D eigenvalue weighted by Crippen LogP contribution is 2.31. The summed E-state index contributed by atoms with van der Waals surface area (Å²) in [5.41, 5.74) is -4.04. The molecule has 1 heterocycles. The van der Waals surface area contributed by atoms with Gasteiger partial charge in [-0.15, -0.1) is 0 Å². The van der Waals surface area contributed by atoms with Gasteiger partial charge in [0.15, 0.2) is 0 Å². The van der Waals surface area contributed by atoms with Gasteiger partial charge in [-0.2, -0.15) is 21.6 Å². The average Bonchev–Trinajstić information content (AvgIpc) is 2.52. The molecule has 25 heavy (non-hydrogen) atoms. The van der Waals surface area contributed by atoms with Crippen LogP contribution in [0.15, 0.2) is 29.8 Å². The molecule has 0 amide bonds. The zero-order valence-electron chi connectivity index (χ0n) is 13.4. The number of halogens is 3. The fourth-order valence-electron chi connectivity index (χ4n) is 2.32. The van der Waals surface area contributed by atoms with E-state index in [-0.39, 0.29) is 12.2 Å². The van der Waals surface area contributed by atoms with E-state index in [0.29, 0.717) is 18.4 Å². The molecule has 0 unspecified atom stereocenters. The molecule has 0 aromatic heterocycles. The lowest BCUT2D eigenvalue weighted by Gasteiger charge is -2.13. The second kappa shape index (κ2) is 7.47. The van der Waals surface area contributed by atoms with Crippen molar-refractivity contribution in [3.05, 3.63) is 35.4 Å². The van der Waals surface area contributed by atoms with Crippen LogP contribution in [0.25, 0.3) is 0 Å². The van der Waals surface area contributed by atoms with Crippen LogP contribution >= 0.6 is 0 Å². The maximum Gasteiger partial charge on any atom is 0.534 e. The van der Waals surface area contributed by atoms with Crippen molar-refractivity contribution in [2.75, 3.05) is 0 Å². The number of ether oxygens (including phenoxy) is 1. The number of carbonyl (C=O) groups excluding carboxylic acids is 1. The first-order valence-corrected chi connectivity index (χ1v) is 8.99. The first-order chi connectivity index (χ1) is 11.6. The minimum Gasteiger partial charge on any atom is -0.426 e. The van der Waals surface area contributed by atoms with Gasteiger partial charge < -0.3 is 8.92 Å². The van der Waals surface area contributed by atoms with E-state index in [1.807, 2.05) is 6.92 Å². The lowest BCUT2D eigenvalue weighted by Crippen LogP contribution is -2.28. The van der Waals surface area contributed by atoms with Gasteiger partial charge in [-0.05, 0) is 56.4 Å². The smallest absolute Gasteiger partial charge is 0.426 e. The molecule has 0 saturated carbocycles. The van der Waals surface area contributed by atoms with E-state index in [1.165, 1.54) is 6.07 Å². The lowest BCUT2D eigenvalue weighted by atomic mass is 10.0. The van der Waals surface area contributed by atoms with Gasteiger partial charge in [0.2, 0.25) is 0 Å². The summed E-state index contributed by atoms with van der Waals surface area (Å²) in [6.07, 6.45) is 4.60. The molecule has 0 N–H and O–H groups in total. The third-order valence-electron chi connectivity index (χ3n) is 3.63. The van der Waals surface area contributed by atoms with Crippen molar-refractivity contribution in [2.45, 2.75) is 44.5 Å². The molecule has 1 aromatic rings. The standard InChI is InChI=1S/C16H17F3O5S/c1-11-4-2-3-5-12-10-13(24-25(21,22)16(17,18)19)7-8-14(12)23-15(20)9-6-11/h6-8,10H,2-5,9H2,1H3. The molecule has 0 fully saturated rings. The van der Waals surface area contributed by atoms with Crippen LogP contribution in [0, 0.1) is 0 Å². The highest BCUT2D eigenvalue weighted by molar-refractivity contribution is 7.88. The summed E-state index contributed by atoms with van der Waals surface area (Å²) in [6.45, 7) is 1.91. The summed E-state index contributed by atoms with van der Waals surface area (Å²) in [4.78, 5) is 11.8. The fraction of sp³-hybridized carbons (Fsp3) is 0.438. The fourth-order valence-corrected chi connectivity index (χ4v) is 2.77. The van der Waals surface area contributed by atoms with Crippen LogP contribution in [-0.4, -0.2) is 19.9 Å². The van der Waals surface area contributed by atoms with Crippen molar-refractivity contribution in [3.63, 3.8) is 0 Å². The summed E-state index contributed by atoms with van der Waals surface area (Å²) >= 11 is 0. The SMILES string of the molecule is CC1=CCC(=O)Oc2ccc(OS(=O)(=O)C(F)(F)F)cc2CCCC1. The van der Waals surface area contributed by atoms with E-state index in [2.05, 4.69) is 4.18 Å². The monoisotopic (exact) mass is 378 g/mol. The normalized spacial score (nSPS) is 17.0. The number of carbonyl (C=O) groups is 1. The van der Waals surface area contributed by atoms with Crippen molar-refractivity contribution in [1.82, 2.24) is 0 Å². The Kier molecular flexibility index (Phi) is 5.76. The molecule has 0 saturated heterocycles. The number of hydrogen-bond acceptors (Lipinski definition) is 5. The lowest BCUT2D eigenvalue weighted by molar-refractivity contribution is -0.133. The maximum atomic E-state index is 12.4. The Labute approximate surface area is 143 Å². The highest BCUT2D eigenvalue weighted by atomic mass is 32.2. The summed E-state index contributed by atoms with van der Waals surface area (Å²) in [7, 11) is -5.75. The number of esters is 1. The zero-order valence-corrected chi connectivity index (χ0v) is 14.2. The number of benzene rings is 1. The average molecular weight is 378 g/mol. The van der Waals surface area contributed by atoms with Gasteiger partial charge in [0.05, 0.1) is 6.42 Å². The Hall–Kier alpha value is -2.03. The molecule has 1 aromatic carbocycles. The quantitative estimate of drug-likeness (QED) is 0.257. The molecule has 9 heteroatoms. The van der Waals surface area contributed by atoms with E-state index >= 15 is 0 Å². The number of hydrogen-bond donors (Lipinski definition) is 0. The van der Waals surface area contributed by atoms with Crippen molar-refractivity contribution >= 4 is 16.1 Å². The number of fused-ring (bicyclic) bond motifs is 1. The van der Waals surface area contributed by atoms with Crippen LogP contribution in [0.2, 0.25) is 0 Å². The van der Waals surface area contributed by atoms with Crippen molar-refractivity contribution < 1.29 is 35.3 Å². The minimum absolute atomic E-state index is 0.0893. The molecule has 0 atom stereocenters. The third kappa shape index (κ3) is 5.22. The number of alkyl halides is 3. The molecule has 5 nitrogen and oxygen atoms in total. The summed E-state index contributed by atoms with van der Waals surface area (Å²) in [6, 6.07) is 3.42. The second-order valence-electron chi connectivity index (χ2n) is 5.69. The molecule has 1 aliphatic heterocycles. The molecule has 0 bridgehead atoms. The Morgan fingerprint density at radius 2 is 1.84 bits per heavy atom. The molecule has 1 aliphatic rings. The highest BCUT2D eigenvalue weighted by Gasteiger charge is 2.48. The Balaban J connectivity index is 2.27. The van der Waals surface area contributed by atoms with E-state index in [4.69, 9.17) is 4.74 Å². The van der Waals surface area contributed by atoms with Crippen LogP contribution in [0.1, 0.15) is 38.2 Å². The third-order valence-corrected chi connectivity index (χ3v) is 4.61. The summed E-state index contributed by atoms with van der Waals surface area (Å²) < 4.78 is 68.8. The van der Waals surface area contributed by atoms with Crippen LogP contribution in [0.5, 0.6) is 11.5 Å². The molecular weight excluding hydrogens is 361 g/mol. The summed E-state index contributed by atoms with van der Waals surface area (Å²) in [5, 5.41) is 0. The Bertz CT molecular complexity index is 781. The van der Waals surface area contributed by atoms with Crippen LogP contribution in [-0.2, 0) is 21.3 Å². The molecule has 0 aliphatic carbocycles. The molecule has 2 rings (SSSR count). The van der Waals surface area contributed by atoms with E-state index in [9.17, 15) is 26.4 Å². The van der Waals surface area contributed by atoms with Crippen molar-refractivity contribution in [1.29, 1.82) is 0 Å². The van der Waals surface area contributed by atoms with Gasteiger partial charge in [-0.3, -0.25) is 4.79 Å². The predicted molar refractivity (Wildman–Crippen MR) is 83.6 cm³/mol. The topological polar surface area (TPSA) is 69.7 Å². The van der Waals surface area contributed by atoms with Crippen molar-refractivity contribution in [3.8, 4) is 11.5 Å². The van der Waals surface area contributed by atoms with Gasteiger partial charge in [0.25, 0.3) is 0 Å². The molecule has 0 spiro atoms.